The summed E-state index contributed by atoms with van der Waals surface area (Å²) in [5.41, 5.74) is 2.07. The Labute approximate surface area is 124 Å². The molecule has 0 aromatic heterocycles. The minimum Gasteiger partial charge on any atom is -0.489 e. The highest BCUT2D eigenvalue weighted by molar-refractivity contribution is 5.34. The van der Waals surface area contributed by atoms with Gasteiger partial charge in [0, 0.05) is 5.56 Å². The van der Waals surface area contributed by atoms with Crippen LogP contribution < -0.4 is 4.74 Å². The van der Waals surface area contributed by atoms with Gasteiger partial charge in [-0.05, 0) is 35.2 Å². The Morgan fingerprint density at radius 3 is 2.29 bits per heavy atom. The van der Waals surface area contributed by atoms with E-state index in [0.717, 1.165) is 0 Å². The van der Waals surface area contributed by atoms with Crippen molar-refractivity contribution < 1.29 is 9.13 Å². The van der Waals surface area contributed by atoms with E-state index in [2.05, 4.69) is 20.8 Å². The van der Waals surface area contributed by atoms with E-state index in [1.54, 1.807) is 12.1 Å². The third-order valence-electron chi connectivity index (χ3n) is 3.30. The quantitative estimate of drug-likeness (QED) is 0.826. The van der Waals surface area contributed by atoms with Gasteiger partial charge < -0.3 is 4.74 Å². The van der Waals surface area contributed by atoms with Gasteiger partial charge in [0.25, 0.3) is 0 Å². The van der Waals surface area contributed by atoms with Gasteiger partial charge in [-0.1, -0.05) is 39.0 Å². The van der Waals surface area contributed by atoms with Gasteiger partial charge in [0.2, 0.25) is 0 Å². The molecule has 0 atom stereocenters. The maximum Gasteiger partial charge on any atom is 0.131 e. The molecule has 0 aliphatic carbocycles. The molecular weight excluding hydrogens is 265 g/mol. The fourth-order valence-corrected chi connectivity index (χ4v) is 1.95. The van der Waals surface area contributed by atoms with E-state index >= 15 is 0 Å². The zero-order valence-electron chi connectivity index (χ0n) is 12.5. The second-order valence-electron chi connectivity index (χ2n) is 5.98. The molecule has 3 heteroatoms. The maximum absolute atomic E-state index is 13.7. The molecule has 0 bridgehead atoms. The molecule has 2 rings (SSSR count). The van der Waals surface area contributed by atoms with Gasteiger partial charge in [-0.15, -0.1) is 0 Å². The number of nitrogens with zero attached hydrogens (tertiary/aromatic N) is 1. The Hall–Kier alpha value is -2.34. The first kappa shape index (κ1) is 15.1. The van der Waals surface area contributed by atoms with Crippen molar-refractivity contribution in [3.05, 3.63) is 65.0 Å². The minimum absolute atomic E-state index is 0.0950. The molecule has 21 heavy (non-hydrogen) atoms. The number of hydrogen-bond acceptors (Lipinski definition) is 2. The Morgan fingerprint density at radius 1 is 1.10 bits per heavy atom. The molecule has 0 saturated heterocycles. The summed E-state index contributed by atoms with van der Waals surface area (Å²) in [6, 6.07) is 14.1. The minimum atomic E-state index is -0.416. The molecule has 0 unspecified atom stereocenters. The lowest BCUT2D eigenvalue weighted by Gasteiger charge is -2.19. The summed E-state index contributed by atoms with van der Waals surface area (Å²) >= 11 is 0. The van der Waals surface area contributed by atoms with Crippen LogP contribution in [0.25, 0.3) is 0 Å². The van der Waals surface area contributed by atoms with Crippen molar-refractivity contribution in [1.29, 1.82) is 5.26 Å². The molecule has 0 radical (unpaired) electrons. The fourth-order valence-electron chi connectivity index (χ4n) is 1.95. The van der Waals surface area contributed by atoms with Crippen LogP contribution in [0, 0.1) is 17.1 Å². The van der Waals surface area contributed by atoms with Crippen molar-refractivity contribution >= 4 is 0 Å². The predicted octanol–water partition coefficient (Wildman–Crippen LogP) is 4.57. The van der Waals surface area contributed by atoms with Crippen LogP contribution in [-0.4, -0.2) is 0 Å². The normalized spacial score (nSPS) is 11.0. The van der Waals surface area contributed by atoms with Crippen molar-refractivity contribution in [3.63, 3.8) is 0 Å². The molecular formula is C18H18FNO. The molecule has 0 amide bonds. The number of benzene rings is 2. The number of hydrogen-bond donors (Lipinski definition) is 0. The first-order valence-electron chi connectivity index (χ1n) is 6.82. The van der Waals surface area contributed by atoms with Gasteiger partial charge in [-0.2, -0.15) is 5.26 Å². The van der Waals surface area contributed by atoms with Gasteiger partial charge >= 0.3 is 0 Å². The third-order valence-corrected chi connectivity index (χ3v) is 3.30. The van der Waals surface area contributed by atoms with Crippen molar-refractivity contribution in [2.24, 2.45) is 0 Å². The van der Waals surface area contributed by atoms with Crippen LogP contribution in [-0.2, 0) is 12.0 Å². The maximum atomic E-state index is 13.7. The van der Waals surface area contributed by atoms with Crippen LogP contribution in [0.15, 0.2) is 42.5 Å². The smallest absolute Gasteiger partial charge is 0.131 e. The van der Waals surface area contributed by atoms with E-state index in [1.165, 1.54) is 11.6 Å². The van der Waals surface area contributed by atoms with E-state index in [9.17, 15) is 4.39 Å². The Morgan fingerprint density at radius 2 is 1.76 bits per heavy atom. The average Bonchev–Trinajstić information content (AvgIpc) is 2.45. The summed E-state index contributed by atoms with van der Waals surface area (Å²) < 4.78 is 19.3. The van der Waals surface area contributed by atoms with Crippen LogP contribution in [0.2, 0.25) is 0 Å². The molecule has 0 N–H and O–H groups in total. The zero-order chi connectivity index (χ0) is 15.5. The van der Waals surface area contributed by atoms with E-state index in [-0.39, 0.29) is 12.0 Å². The zero-order valence-corrected chi connectivity index (χ0v) is 12.5. The monoisotopic (exact) mass is 283 g/mol. The van der Waals surface area contributed by atoms with Crippen LogP contribution in [0.4, 0.5) is 4.39 Å². The highest BCUT2D eigenvalue weighted by Crippen LogP contribution is 2.24. The Bertz CT molecular complexity index is 663. The second kappa shape index (κ2) is 5.97. The lowest BCUT2D eigenvalue weighted by atomic mass is 9.87. The third kappa shape index (κ3) is 3.82. The topological polar surface area (TPSA) is 33.0 Å². The number of rotatable bonds is 3. The van der Waals surface area contributed by atoms with Gasteiger partial charge in [0.1, 0.15) is 18.2 Å². The molecule has 2 aromatic carbocycles. The Balaban J connectivity index is 2.05. The molecule has 0 aliphatic heterocycles. The SMILES string of the molecule is CC(C)(C)c1ccc(OCc2ccc(C#N)cc2F)cc1. The van der Waals surface area contributed by atoms with Crippen molar-refractivity contribution in [1.82, 2.24) is 0 Å². The summed E-state index contributed by atoms with van der Waals surface area (Å²) in [4.78, 5) is 0. The first-order valence-corrected chi connectivity index (χ1v) is 6.82. The van der Waals surface area contributed by atoms with Crippen molar-refractivity contribution in [3.8, 4) is 11.8 Å². The van der Waals surface area contributed by atoms with Crippen LogP contribution in [0.3, 0.4) is 0 Å². The lowest BCUT2D eigenvalue weighted by Crippen LogP contribution is -2.10. The number of ether oxygens (including phenoxy) is 1. The summed E-state index contributed by atoms with van der Waals surface area (Å²) in [6.07, 6.45) is 0. The molecule has 2 nitrogen and oxygen atoms in total. The van der Waals surface area contributed by atoms with Crippen LogP contribution >= 0.6 is 0 Å². The summed E-state index contributed by atoms with van der Waals surface area (Å²) in [6.45, 7) is 6.59. The largest absolute Gasteiger partial charge is 0.489 e. The first-order chi connectivity index (χ1) is 9.90. The van der Waals surface area contributed by atoms with E-state index in [0.29, 0.717) is 16.9 Å². The van der Waals surface area contributed by atoms with E-state index in [1.807, 2.05) is 30.3 Å². The van der Waals surface area contributed by atoms with E-state index < -0.39 is 5.82 Å². The average molecular weight is 283 g/mol. The number of nitriles is 1. The van der Waals surface area contributed by atoms with Crippen LogP contribution in [0.5, 0.6) is 5.75 Å². The lowest BCUT2D eigenvalue weighted by molar-refractivity contribution is 0.299. The van der Waals surface area contributed by atoms with Gasteiger partial charge in [0.05, 0.1) is 11.6 Å². The molecule has 0 spiro atoms. The summed E-state index contributed by atoms with van der Waals surface area (Å²) in [5.74, 6) is 0.284. The highest BCUT2D eigenvalue weighted by atomic mass is 19.1. The summed E-state index contributed by atoms with van der Waals surface area (Å²) in [7, 11) is 0. The number of halogens is 1. The molecule has 0 fully saturated rings. The van der Waals surface area contributed by atoms with Crippen molar-refractivity contribution in [2.75, 3.05) is 0 Å². The fraction of sp³-hybridized carbons (Fsp3) is 0.278. The van der Waals surface area contributed by atoms with Crippen molar-refractivity contribution in [2.45, 2.75) is 32.8 Å². The molecule has 2 aromatic rings. The standard InChI is InChI=1S/C18H18FNO/c1-18(2,3)15-6-8-16(9-7-15)21-12-14-5-4-13(11-20)10-17(14)19/h4-10H,12H2,1-3H3. The molecule has 108 valence electrons. The van der Waals surface area contributed by atoms with Gasteiger partial charge in [-0.3, -0.25) is 0 Å². The van der Waals surface area contributed by atoms with Crippen LogP contribution in [0.1, 0.15) is 37.5 Å². The van der Waals surface area contributed by atoms with Gasteiger partial charge in [0.15, 0.2) is 0 Å². The van der Waals surface area contributed by atoms with E-state index in [4.69, 9.17) is 10.00 Å². The predicted molar refractivity (Wildman–Crippen MR) is 80.6 cm³/mol. The summed E-state index contributed by atoms with van der Waals surface area (Å²) in [5, 5.41) is 8.70. The highest BCUT2D eigenvalue weighted by Gasteiger charge is 2.13. The molecule has 0 saturated carbocycles. The molecule has 0 heterocycles. The van der Waals surface area contributed by atoms with Gasteiger partial charge in [-0.25, -0.2) is 4.39 Å². The second-order valence-corrected chi connectivity index (χ2v) is 5.98. The Kier molecular flexibility index (Phi) is 4.28. The molecule has 0 aliphatic rings.